The topological polar surface area (TPSA) is 473 Å². The Balaban J connectivity index is 1.82. The van der Waals surface area contributed by atoms with Crippen molar-refractivity contribution >= 4 is 100 Å². The van der Waals surface area contributed by atoms with E-state index in [1.807, 2.05) is 30.3 Å². The predicted molar refractivity (Wildman–Crippen MR) is 331 cm³/mol. The number of likely N-dealkylation sites (tertiary alicyclic amines) is 1. The van der Waals surface area contributed by atoms with Crippen molar-refractivity contribution in [2.75, 3.05) is 43.7 Å². The van der Waals surface area contributed by atoms with Crippen LogP contribution >= 0.6 is 23.5 Å². The van der Waals surface area contributed by atoms with Crippen LogP contribution in [0.25, 0.3) is 0 Å². The van der Waals surface area contributed by atoms with E-state index in [2.05, 4.69) is 52.8 Å². The Morgan fingerprint density at radius 2 is 1.06 bits per heavy atom. The first kappa shape index (κ1) is 74.2. The molecule has 2 aromatic rings. The van der Waals surface area contributed by atoms with Gasteiger partial charge in [0.15, 0.2) is 5.96 Å². The van der Waals surface area contributed by atoms with E-state index in [1.54, 1.807) is 56.7 Å². The average molecular weight is 1270 g/mol. The van der Waals surface area contributed by atoms with Crippen LogP contribution in [-0.2, 0) is 70.4 Å². The van der Waals surface area contributed by atoms with Gasteiger partial charge in [0.2, 0.25) is 65.0 Å². The molecule has 0 aliphatic carbocycles. The molecule has 2 aromatic carbocycles. The van der Waals surface area contributed by atoms with E-state index in [0.29, 0.717) is 17.7 Å². The number of aliphatic hydroxyl groups excluding tert-OH is 1. The first-order chi connectivity index (χ1) is 41.7. The Morgan fingerprint density at radius 3 is 1.57 bits per heavy atom. The Hall–Kier alpha value is -8.03. The number of benzene rings is 2. The zero-order valence-electron chi connectivity index (χ0n) is 50.4. The Labute approximate surface area is 520 Å². The van der Waals surface area contributed by atoms with E-state index in [1.165, 1.54) is 37.4 Å². The summed E-state index contributed by atoms with van der Waals surface area (Å²) in [4.78, 5) is 167. The molecular weight excluding hydrogens is 1180 g/mol. The van der Waals surface area contributed by atoms with Crippen LogP contribution in [0.4, 0.5) is 0 Å². The normalized spacial score (nSPS) is 16.2. The molecule has 19 N–H and O–H groups in total. The summed E-state index contributed by atoms with van der Waals surface area (Å²) < 4.78 is 0. The van der Waals surface area contributed by atoms with E-state index in [9.17, 15) is 62.6 Å². The summed E-state index contributed by atoms with van der Waals surface area (Å²) in [6.07, 6.45) is 3.51. The Bertz CT molecular complexity index is 2730. The molecule has 1 saturated heterocycles. The van der Waals surface area contributed by atoms with E-state index >= 15 is 0 Å². The summed E-state index contributed by atoms with van der Waals surface area (Å²) >= 11 is 2.67. The largest absolute Gasteiger partial charge is 0.480 e. The smallest absolute Gasteiger partial charge is 0.325 e. The zero-order chi connectivity index (χ0) is 65.6. The highest BCUT2D eigenvalue weighted by molar-refractivity contribution is 7.98. The van der Waals surface area contributed by atoms with Gasteiger partial charge < -0.3 is 85.9 Å². The third-order valence-corrected chi connectivity index (χ3v) is 15.3. The number of aliphatic hydroxyl groups is 1. The van der Waals surface area contributed by atoms with Crippen LogP contribution in [0.5, 0.6) is 0 Å². The number of carbonyl (C=O) groups is 12. The molecule has 0 spiro atoms. The Morgan fingerprint density at radius 1 is 0.580 bits per heavy atom. The number of guanidine groups is 1. The lowest BCUT2D eigenvalue weighted by Crippen LogP contribution is -2.62. The van der Waals surface area contributed by atoms with Gasteiger partial charge in [0.1, 0.15) is 60.4 Å². The molecule has 0 radical (unpaired) electrons. The van der Waals surface area contributed by atoms with Crippen molar-refractivity contribution in [2.24, 2.45) is 33.8 Å². The van der Waals surface area contributed by atoms with E-state index in [-0.39, 0.29) is 69.7 Å². The quantitative estimate of drug-likeness (QED) is 0.0175. The Kier molecular flexibility index (Phi) is 32.3. The van der Waals surface area contributed by atoms with Gasteiger partial charge >= 0.3 is 5.97 Å². The number of nitrogens with one attached hydrogen (secondary N) is 9. The fourth-order valence-electron chi connectivity index (χ4n) is 9.09. The van der Waals surface area contributed by atoms with Gasteiger partial charge in [-0.15, -0.1) is 0 Å². The molecule has 3 rings (SSSR count). The number of rotatable bonds is 38. The van der Waals surface area contributed by atoms with Gasteiger partial charge in [-0.25, -0.2) is 0 Å². The molecule has 0 unspecified atom stereocenters. The van der Waals surface area contributed by atoms with E-state index < -0.39 is 156 Å². The summed E-state index contributed by atoms with van der Waals surface area (Å²) in [6, 6.07) is 3.16. The maximum Gasteiger partial charge on any atom is 0.325 e. The van der Waals surface area contributed by atoms with Crippen molar-refractivity contribution in [1.82, 2.24) is 52.8 Å². The van der Waals surface area contributed by atoms with Crippen LogP contribution in [0, 0.1) is 5.92 Å². The molecule has 1 fully saturated rings. The first-order valence-electron chi connectivity index (χ1n) is 28.7. The number of hydrogen-bond donors (Lipinski definition) is 15. The highest BCUT2D eigenvalue weighted by atomic mass is 32.2. The van der Waals surface area contributed by atoms with Crippen molar-refractivity contribution < 1.29 is 67.7 Å². The fraction of sp³-hybridized carbons (Fsp3) is 0.561. The molecule has 11 amide bonds. The van der Waals surface area contributed by atoms with Crippen LogP contribution in [0.2, 0.25) is 0 Å². The monoisotopic (exact) mass is 1270 g/mol. The van der Waals surface area contributed by atoms with Crippen LogP contribution in [0.1, 0.15) is 83.8 Å². The second-order valence-corrected chi connectivity index (χ2v) is 23.4. The number of carboxylic acid groups (broad SMARTS) is 1. The van der Waals surface area contributed by atoms with E-state index in [0.717, 1.165) is 10.5 Å². The molecular formula is C57H87N15O14S2. The number of hydrogen-bond acceptors (Lipinski definition) is 17. The maximum absolute atomic E-state index is 14.4. The molecule has 1 heterocycles. The van der Waals surface area contributed by atoms with Crippen LogP contribution in [-0.4, -0.2) is 202 Å². The molecule has 0 aromatic heterocycles. The van der Waals surface area contributed by atoms with Crippen LogP contribution in [0.3, 0.4) is 0 Å². The highest BCUT2D eigenvalue weighted by Crippen LogP contribution is 2.20. The summed E-state index contributed by atoms with van der Waals surface area (Å²) in [5.41, 5.74) is 24.4. The number of primary amides is 1. The number of nitrogens with zero attached hydrogens (tertiary/aromatic N) is 2. The molecule has 1 aliphatic heterocycles. The third-order valence-electron chi connectivity index (χ3n) is 14.0. The van der Waals surface area contributed by atoms with Gasteiger partial charge in [0.05, 0.1) is 19.1 Å². The molecule has 1 aliphatic rings. The van der Waals surface area contributed by atoms with E-state index in [4.69, 9.17) is 28.0 Å². The third kappa shape index (κ3) is 25.4. The molecule has 29 nitrogen and oxygen atoms in total. The lowest BCUT2D eigenvalue weighted by atomic mass is 10.0. The summed E-state index contributed by atoms with van der Waals surface area (Å²) in [5.74, 6) is -11.0. The molecule has 0 saturated carbocycles. The van der Waals surface area contributed by atoms with Gasteiger partial charge in [-0.1, -0.05) is 74.5 Å². The van der Waals surface area contributed by atoms with Crippen molar-refractivity contribution in [3.05, 3.63) is 71.8 Å². The average Bonchev–Trinajstić information content (AvgIpc) is 4.20. The number of carboxylic acids is 1. The number of nitrogens with two attached hydrogens (primary N) is 4. The van der Waals surface area contributed by atoms with Crippen molar-refractivity contribution in [3.63, 3.8) is 0 Å². The SMILES string of the molecule is CSCC[C@H](NC(=O)[C@H](CCCN=C(N)N)NC(=O)[C@H](Cc1ccccc1)NC(=O)[C@@H](N)Cc1ccccc1)C(=O)N[C@H](C(=O)N[C@@H](CCSC)C(=O)N[C@@H](CO)C(=O)N[C@@H](CC(N)=O)C(=O)N1CCC[C@H]1C(=O)N[C@@H](C)C(=O)N[C@@H](C)C(=O)O)C(C)C. The first-order valence-corrected chi connectivity index (χ1v) is 31.5. The van der Waals surface area contributed by atoms with Gasteiger partial charge in [-0.3, -0.25) is 62.5 Å². The zero-order valence-corrected chi connectivity index (χ0v) is 52.0. The number of aliphatic carboxylic acids is 1. The van der Waals surface area contributed by atoms with Gasteiger partial charge in [-0.05, 0) is 99.9 Å². The van der Waals surface area contributed by atoms with Gasteiger partial charge in [-0.2, -0.15) is 23.5 Å². The minimum absolute atomic E-state index is 0.0179. The number of thioether (sulfide) groups is 2. The fourth-order valence-corrected chi connectivity index (χ4v) is 10.0. The number of carbonyl (C=O) groups excluding carboxylic acids is 11. The summed E-state index contributed by atoms with van der Waals surface area (Å²) in [5, 5.41) is 42.5. The highest BCUT2D eigenvalue weighted by Gasteiger charge is 2.41. The van der Waals surface area contributed by atoms with Crippen molar-refractivity contribution in [1.29, 1.82) is 0 Å². The maximum atomic E-state index is 14.4. The van der Waals surface area contributed by atoms with Crippen molar-refractivity contribution in [2.45, 2.75) is 152 Å². The van der Waals surface area contributed by atoms with Gasteiger partial charge in [0.25, 0.3) is 0 Å². The van der Waals surface area contributed by atoms with Crippen LogP contribution in [0.15, 0.2) is 65.7 Å². The molecule has 486 valence electrons. The number of aliphatic imine (C=N–C) groups is 1. The lowest BCUT2D eigenvalue weighted by molar-refractivity contribution is -0.144. The summed E-state index contributed by atoms with van der Waals surface area (Å²) in [6.45, 7) is 4.78. The second-order valence-electron chi connectivity index (χ2n) is 21.4. The molecule has 0 bridgehead atoms. The molecule has 11 atom stereocenters. The van der Waals surface area contributed by atoms with Crippen LogP contribution < -0.4 is 70.8 Å². The van der Waals surface area contributed by atoms with Gasteiger partial charge in [0, 0.05) is 19.5 Å². The standard InChI is InChI=1S/C57H87N15O14S2/c1-31(2)45(54(83)67-38(21-25-87-5)49(78)70-42(30-73)52(81)69-41(29-44(59)74)55(84)72-24-14-20-43(72)53(82)63-32(3)46(75)64-33(4)56(85)86)71-50(79)39(22-26-88-6)66-48(77)37(19-13-23-62-57(60)61)65-51(80)40(28-35-17-11-8-12-18-35)68-47(76)36(58)27-34-15-9-7-10-16-34/h7-12,15-18,31-33,36-43,45,73H,13-14,19-30,58H2,1-6H3,(H2,59,74)(H,63,82)(H,64,75)(H,65,80)(H,66,77)(H,67,83)(H,68,76)(H,69,81)(H,70,78)(H,71,79)(H,85,86)(H4,60,61,62)/t32-,33-,36-,37-,38-,39-,40-,41-,42-,43-,45-/m0/s1. The minimum Gasteiger partial charge on any atom is -0.480 e. The predicted octanol–water partition coefficient (Wildman–Crippen LogP) is -3.64. The molecule has 88 heavy (non-hydrogen) atoms. The summed E-state index contributed by atoms with van der Waals surface area (Å²) in [7, 11) is 0. The minimum atomic E-state index is -1.78. The number of amides is 11. The lowest BCUT2D eigenvalue weighted by Gasteiger charge is -2.30. The second kappa shape index (κ2) is 38.3. The van der Waals surface area contributed by atoms with Crippen molar-refractivity contribution in [3.8, 4) is 0 Å². The molecule has 31 heteroatoms.